The number of thioether (sulfide) groups is 1. The Kier molecular flexibility index (Phi) is 10.7. The largest absolute Gasteiger partial charge is 0.454 e. The van der Waals surface area contributed by atoms with Crippen molar-refractivity contribution in [3.63, 3.8) is 0 Å². The Morgan fingerprint density at radius 2 is 1.59 bits per heavy atom. The van der Waals surface area contributed by atoms with E-state index < -0.39 is 19.5 Å². The van der Waals surface area contributed by atoms with Gasteiger partial charge in [0.2, 0.25) is 0 Å². The Bertz CT molecular complexity index is 622. The molecule has 0 amide bonds. The van der Waals surface area contributed by atoms with E-state index in [0.717, 1.165) is 43.4 Å². The van der Waals surface area contributed by atoms with Crippen molar-refractivity contribution >= 4 is 24.6 Å². The fraction of sp³-hybridized carbons (Fsp3) is 0.611. The normalized spacial score (nSPS) is 13.2. The highest BCUT2D eigenvalue weighted by molar-refractivity contribution is 8.13. The van der Waals surface area contributed by atoms with Gasteiger partial charge in [0.05, 0.1) is 23.8 Å². The van der Waals surface area contributed by atoms with Crippen LogP contribution in [0, 0.1) is 0 Å². The second kappa shape index (κ2) is 11.9. The van der Waals surface area contributed by atoms with E-state index in [1.54, 1.807) is 6.92 Å². The minimum absolute atomic E-state index is 0.306. The Labute approximate surface area is 163 Å². The lowest BCUT2D eigenvalue weighted by molar-refractivity contribution is -0.137. The highest BCUT2D eigenvalue weighted by Crippen LogP contribution is 2.51. The average molecular weight is 425 g/mol. The highest BCUT2D eigenvalue weighted by Gasteiger charge is 2.30. The van der Waals surface area contributed by atoms with Crippen LogP contribution in [0.3, 0.4) is 0 Å². The van der Waals surface area contributed by atoms with Gasteiger partial charge in [0.1, 0.15) is 0 Å². The van der Waals surface area contributed by atoms with Crippen LogP contribution >= 0.6 is 19.5 Å². The van der Waals surface area contributed by atoms with Crippen LogP contribution in [0.5, 0.6) is 0 Å². The molecule has 0 heterocycles. The first-order chi connectivity index (χ1) is 12.7. The van der Waals surface area contributed by atoms with Crippen molar-refractivity contribution in [1.29, 1.82) is 0 Å². The van der Waals surface area contributed by atoms with Crippen LogP contribution in [-0.4, -0.2) is 18.3 Å². The summed E-state index contributed by atoms with van der Waals surface area (Å²) in [6.45, 7) is 6.30. The van der Waals surface area contributed by atoms with Crippen LogP contribution in [0.15, 0.2) is 29.0 Å². The highest BCUT2D eigenvalue weighted by atomic mass is 32.2. The van der Waals surface area contributed by atoms with Gasteiger partial charge >= 0.3 is 13.9 Å². The Balaban J connectivity index is 2.69. The Morgan fingerprint density at radius 3 is 2.04 bits per heavy atom. The number of halogens is 3. The fourth-order valence-electron chi connectivity index (χ4n) is 1.92. The minimum Gasteiger partial charge on any atom is -0.291 e. The predicted octanol–water partition coefficient (Wildman–Crippen LogP) is 7.10. The number of rotatable bonds is 11. The van der Waals surface area contributed by atoms with Crippen molar-refractivity contribution in [2.24, 2.45) is 4.76 Å². The zero-order chi connectivity index (χ0) is 20.3. The van der Waals surface area contributed by atoms with Crippen LogP contribution in [0.25, 0.3) is 0 Å². The van der Waals surface area contributed by atoms with Crippen LogP contribution in [-0.2, 0) is 25.5 Å². The maximum Gasteiger partial charge on any atom is 0.454 e. The first-order valence-corrected chi connectivity index (χ1v) is 11.4. The summed E-state index contributed by atoms with van der Waals surface area (Å²) < 4.78 is 65.5. The lowest BCUT2D eigenvalue weighted by atomic mass is 10.1. The Hall–Kier alpha value is -0.820. The summed E-state index contributed by atoms with van der Waals surface area (Å²) in [5.74, 6) is 0.414. The first-order valence-electron chi connectivity index (χ1n) is 8.95. The topological polar surface area (TPSA) is 47.9 Å². The molecule has 0 saturated carbocycles. The molecule has 154 valence electrons. The quantitative estimate of drug-likeness (QED) is 0.164. The van der Waals surface area contributed by atoms with Crippen LogP contribution in [0.1, 0.15) is 57.6 Å². The van der Waals surface area contributed by atoms with E-state index in [1.165, 1.54) is 23.9 Å². The van der Waals surface area contributed by atoms with E-state index in [0.29, 0.717) is 24.0 Å². The zero-order valence-electron chi connectivity index (χ0n) is 15.9. The molecule has 0 bridgehead atoms. The van der Waals surface area contributed by atoms with Crippen molar-refractivity contribution in [3.05, 3.63) is 35.4 Å². The predicted molar refractivity (Wildman–Crippen MR) is 105 cm³/mol. The maximum atomic E-state index is 12.8. The molecule has 0 aliphatic rings. The van der Waals surface area contributed by atoms with E-state index in [1.807, 2.05) is 13.8 Å². The lowest BCUT2D eigenvalue weighted by Gasteiger charge is -2.15. The van der Waals surface area contributed by atoms with E-state index in [9.17, 15) is 17.7 Å². The summed E-state index contributed by atoms with van der Waals surface area (Å²) in [4.78, 5) is 0. The van der Waals surface area contributed by atoms with Gasteiger partial charge in [0.15, 0.2) is 0 Å². The maximum absolute atomic E-state index is 12.8. The molecule has 0 aliphatic carbocycles. The van der Waals surface area contributed by atoms with Crippen LogP contribution < -0.4 is 0 Å². The summed E-state index contributed by atoms with van der Waals surface area (Å²) in [6.07, 6.45) is -1.02. The molecule has 0 atom stereocenters. The zero-order valence-corrected chi connectivity index (χ0v) is 17.6. The molecule has 9 heteroatoms. The molecule has 0 unspecified atom stereocenters. The van der Waals surface area contributed by atoms with Crippen LogP contribution in [0.2, 0.25) is 0 Å². The van der Waals surface area contributed by atoms with Crippen molar-refractivity contribution in [1.82, 2.24) is 0 Å². The molecule has 0 spiro atoms. The SMILES string of the molecule is CCCCOP(=O)(/N=C(\C)SCc1ccc(C(F)(F)F)cc1)OCCCC. The molecule has 0 radical (unpaired) electrons. The van der Waals surface area contributed by atoms with Crippen molar-refractivity contribution in [2.45, 2.75) is 58.4 Å². The number of hydrogen-bond donors (Lipinski definition) is 0. The molecule has 1 aromatic carbocycles. The molecule has 0 aromatic heterocycles. The van der Waals surface area contributed by atoms with Crippen molar-refractivity contribution in [3.8, 4) is 0 Å². The van der Waals surface area contributed by atoms with Gasteiger partial charge in [-0.3, -0.25) is 9.05 Å². The summed E-state index contributed by atoms with van der Waals surface area (Å²) in [6, 6.07) is 4.96. The van der Waals surface area contributed by atoms with Gasteiger partial charge in [-0.05, 0) is 37.5 Å². The first kappa shape index (κ1) is 24.2. The summed E-state index contributed by atoms with van der Waals surface area (Å²) in [5, 5.41) is 0.506. The monoisotopic (exact) mass is 425 g/mol. The fourth-order valence-corrected chi connectivity index (χ4v) is 4.28. The van der Waals surface area contributed by atoms with Gasteiger partial charge in [-0.25, -0.2) is 4.57 Å². The molecule has 0 aliphatic heterocycles. The number of alkyl halides is 3. The number of hydrogen-bond acceptors (Lipinski definition) is 4. The van der Waals surface area contributed by atoms with E-state index in [4.69, 9.17) is 9.05 Å². The van der Waals surface area contributed by atoms with Gasteiger partial charge in [-0.2, -0.15) is 17.9 Å². The van der Waals surface area contributed by atoms with Gasteiger partial charge in [-0.15, -0.1) is 11.8 Å². The third kappa shape index (κ3) is 9.79. The molecule has 27 heavy (non-hydrogen) atoms. The summed E-state index contributed by atoms with van der Waals surface area (Å²) in [7, 11) is -3.57. The van der Waals surface area contributed by atoms with Gasteiger partial charge < -0.3 is 0 Å². The van der Waals surface area contributed by atoms with Crippen LogP contribution in [0.4, 0.5) is 13.2 Å². The summed E-state index contributed by atoms with van der Waals surface area (Å²) in [5.41, 5.74) is 0.0379. The Morgan fingerprint density at radius 1 is 1.07 bits per heavy atom. The van der Waals surface area contributed by atoms with E-state index in [-0.39, 0.29) is 0 Å². The molecular weight excluding hydrogens is 398 g/mol. The second-order valence-electron chi connectivity index (χ2n) is 5.94. The second-order valence-corrected chi connectivity index (χ2v) is 8.77. The lowest BCUT2D eigenvalue weighted by Crippen LogP contribution is -2.04. The average Bonchev–Trinajstić information content (AvgIpc) is 2.60. The molecule has 1 aromatic rings. The van der Waals surface area contributed by atoms with E-state index >= 15 is 0 Å². The van der Waals surface area contributed by atoms with E-state index in [2.05, 4.69) is 4.76 Å². The van der Waals surface area contributed by atoms with Crippen molar-refractivity contribution < 1.29 is 26.8 Å². The van der Waals surface area contributed by atoms with Gasteiger partial charge in [0.25, 0.3) is 0 Å². The third-order valence-electron chi connectivity index (χ3n) is 3.50. The number of nitrogens with zero attached hydrogens (tertiary/aromatic N) is 1. The molecule has 1 rings (SSSR count). The number of benzene rings is 1. The molecule has 0 N–H and O–H groups in total. The standard InChI is InChI=1S/C18H27F3NO3PS/c1-4-6-12-24-26(23,25-13-7-5-2)22-15(3)27-14-16-8-10-17(11-9-16)18(19,20)21/h8-11H,4-7,12-14H2,1-3H3/b22-15+. The summed E-state index contributed by atoms with van der Waals surface area (Å²) >= 11 is 1.28. The third-order valence-corrected chi connectivity index (χ3v) is 6.18. The van der Waals surface area contributed by atoms with Gasteiger partial charge in [0, 0.05) is 5.75 Å². The molecular formula is C18H27F3NO3PS. The minimum atomic E-state index is -4.35. The molecule has 0 saturated heterocycles. The number of unbranched alkanes of at least 4 members (excludes halogenated alkanes) is 2. The smallest absolute Gasteiger partial charge is 0.291 e. The molecule has 0 fully saturated rings. The van der Waals surface area contributed by atoms with Crippen molar-refractivity contribution in [2.75, 3.05) is 13.2 Å². The molecule has 4 nitrogen and oxygen atoms in total. The van der Waals surface area contributed by atoms with Gasteiger partial charge in [-0.1, -0.05) is 38.8 Å².